The Morgan fingerprint density at radius 1 is 1.15 bits per heavy atom. The number of nitrogens with zero attached hydrogens (tertiary/aromatic N) is 4. The monoisotopic (exact) mass is 490 g/mol. The van der Waals surface area contributed by atoms with Gasteiger partial charge in [0, 0.05) is 24.5 Å². The molecular formula is C25H38N4O2S2. The van der Waals surface area contributed by atoms with Crippen LogP contribution in [0.1, 0.15) is 68.7 Å². The lowest BCUT2D eigenvalue weighted by Crippen LogP contribution is -2.42. The van der Waals surface area contributed by atoms with Crippen molar-refractivity contribution >= 4 is 39.2 Å². The van der Waals surface area contributed by atoms with Crippen molar-refractivity contribution in [2.24, 2.45) is 0 Å². The summed E-state index contributed by atoms with van der Waals surface area (Å²) in [5.74, 6) is 0.145. The summed E-state index contributed by atoms with van der Waals surface area (Å²) < 4.78 is 1.85. The van der Waals surface area contributed by atoms with Crippen molar-refractivity contribution < 1.29 is 4.79 Å². The molecule has 2 heterocycles. The maximum absolute atomic E-state index is 13.7. The molecule has 0 aromatic carbocycles. The summed E-state index contributed by atoms with van der Waals surface area (Å²) in [5.41, 5.74) is 1.32. The van der Waals surface area contributed by atoms with Gasteiger partial charge in [-0.25, -0.2) is 4.98 Å². The normalized spacial score (nSPS) is 18.0. The summed E-state index contributed by atoms with van der Waals surface area (Å²) in [7, 11) is 6.05. The molecule has 1 fully saturated rings. The second-order valence-electron chi connectivity index (χ2n) is 9.90. The molecule has 2 aliphatic rings. The molecule has 33 heavy (non-hydrogen) atoms. The van der Waals surface area contributed by atoms with Crippen molar-refractivity contribution in [2.45, 2.75) is 94.1 Å². The van der Waals surface area contributed by atoms with Crippen LogP contribution in [0.3, 0.4) is 0 Å². The van der Waals surface area contributed by atoms with Gasteiger partial charge < -0.3 is 9.80 Å². The summed E-state index contributed by atoms with van der Waals surface area (Å²) in [6.07, 6.45) is 11.1. The van der Waals surface area contributed by atoms with E-state index in [1.54, 1.807) is 11.3 Å². The highest BCUT2D eigenvalue weighted by atomic mass is 32.2. The van der Waals surface area contributed by atoms with Crippen LogP contribution in [0.4, 0.5) is 0 Å². The van der Waals surface area contributed by atoms with Crippen LogP contribution >= 0.6 is 23.1 Å². The summed E-state index contributed by atoms with van der Waals surface area (Å²) in [4.78, 5) is 38.2. The predicted octanol–water partition coefficient (Wildman–Crippen LogP) is 4.56. The molecule has 2 aliphatic carbocycles. The number of rotatable bonds is 8. The smallest absolute Gasteiger partial charge is 0.263 e. The molecule has 0 radical (unpaired) electrons. The number of aryl methyl sites for hydroxylation is 2. The second kappa shape index (κ2) is 10.9. The van der Waals surface area contributed by atoms with Gasteiger partial charge >= 0.3 is 0 Å². The van der Waals surface area contributed by atoms with Crippen molar-refractivity contribution in [1.29, 1.82) is 0 Å². The van der Waals surface area contributed by atoms with Gasteiger partial charge in [-0.1, -0.05) is 31.0 Å². The number of carbonyl (C=O) groups excluding carboxylic acids is 1. The Hall–Kier alpha value is -1.38. The fraction of sp³-hybridized carbons (Fsp3) is 0.720. The van der Waals surface area contributed by atoms with Crippen LogP contribution in [-0.4, -0.2) is 64.2 Å². The average molecular weight is 491 g/mol. The predicted molar refractivity (Wildman–Crippen MR) is 139 cm³/mol. The van der Waals surface area contributed by atoms with Gasteiger partial charge in [-0.3, -0.25) is 14.2 Å². The van der Waals surface area contributed by atoms with E-state index in [4.69, 9.17) is 4.98 Å². The molecule has 0 N–H and O–H groups in total. The van der Waals surface area contributed by atoms with Gasteiger partial charge in [0.05, 0.1) is 10.6 Å². The van der Waals surface area contributed by atoms with E-state index in [1.807, 2.05) is 23.4 Å². The number of carbonyl (C=O) groups is 1. The standard InChI is InChI=1S/C25H38N4O2S2/c1-17(23(30)28(4)18-11-6-5-7-12-18)32-25-26-22-21(19-13-8-9-14-20(19)33-22)24(31)29(25)16-10-15-27(2)3/h17-18H,5-16H2,1-4H3. The van der Waals surface area contributed by atoms with E-state index in [9.17, 15) is 9.59 Å². The highest BCUT2D eigenvalue weighted by Gasteiger charge is 2.28. The van der Waals surface area contributed by atoms with Gasteiger partial charge in [0.1, 0.15) is 4.83 Å². The number of aromatic nitrogens is 2. The molecule has 0 spiro atoms. The molecule has 6 nitrogen and oxygen atoms in total. The molecule has 4 rings (SSSR count). The number of amides is 1. The maximum atomic E-state index is 13.7. The van der Waals surface area contributed by atoms with Gasteiger partial charge in [0.15, 0.2) is 5.16 Å². The number of thiophene rings is 1. The molecule has 2 aromatic heterocycles. The summed E-state index contributed by atoms with van der Waals surface area (Å²) in [6, 6.07) is 0.344. The lowest BCUT2D eigenvalue weighted by molar-refractivity contribution is -0.131. The molecule has 1 unspecified atom stereocenters. The first-order chi connectivity index (χ1) is 15.9. The Balaban J connectivity index is 1.63. The third kappa shape index (κ3) is 5.49. The van der Waals surface area contributed by atoms with Gasteiger partial charge in [0.25, 0.3) is 5.56 Å². The SMILES string of the molecule is CC(Sc1nc2sc3c(c2c(=O)n1CCCN(C)C)CCCC3)C(=O)N(C)C1CCCCC1. The summed E-state index contributed by atoms with van der Waals surface area (Å²) in [6.45, 7) is 3.51. The van der Waals surface area contributed by atoms with Gasteiger partial charge in [-0.15, -0.1) is 11.3 Å². The molecule has 8 heteroatoms. The highest BCUT2D eigenvalue weighted by molar-refractivity contribution is 8.00. The van der Waals surface area contributed by atoms with Crippen LogP contribution < -0.4 is 5.56 Å². The van der Waals surface area contributed by atoms with Crippen LogP contribution in [0.25, 0.3) is 10.2 Å². The van der Waals surface area contributed by atoms with Crippen LogP contribution in [0, 0.1) is 0 Å². The number of hydrogen-bond acceptors (Lipinski definition) is 6. The minimum atomic E-state index is -0.268. The molecule has 0 bridgehead atoms. The zero-order valence-electron chi connectivity index (χ0n) is 20.6. The summed E-state index contributed by atoms with van der Waals surface area (Å²) >= 11 is 3.15. The van der Waals surface area contributed by atoms with E-state index in [1.165, 1.54) is 47.9 Å². The Morgan fingerprint density at radius 3 is 2.61 bits per heavy atom. The molecule has 2 aromatic rings. The molecular weight excluding hydrogens is 452 g/mol. The first kappa shape index (κ1) is 24.7. The fourth-order valence-corrected chi connectivity index (χ4v) is 7.53. The Bertz CT molecular complexity index is 1040. The first-order valence-corrected chi connectivity index (χ1v) is 14.2. The van der Waals surface area contributed by atoms with Gasteiger partial charge in [-0.05, 0) is 78.1 Å². The summed E-state index contributed by atoms with van der Waals surface area (Å²) in [5, 5.41) is 1.26. The molecule has 0 saturated heterocycles. The number of hydrogen-bond donors (Lipinski definition) is 0. The second-order valence-corrected chi connectivity index (χ2v) is 12.3. The van der Waals surface area contributed by atoms with Crippen molar-refractivity contribution in [2.75, 3.05) is 27.7 Å². The minimum absolute atomic E-state index is 0.0842. The largest absolute Gasteiger partial charge is 0.342 e. The van der Waals surface area contributed by atoms with E-state index < -0.39 is 0 Å². The van der Waals surface area contributed by atoms with E-state index >= 15 is 0 Å². The molecule has 0 aliphatic heterocycles. The first-order valence-electron chi connectivity index (χ1n) is 12.5. The lowest BCUT2D eigenvalue weighted by Gasteiger charge is -2.32. The molecule has 182 valence electrons. The van der Waals surface area contributed by atoms with Crippen LogP contribution in [0.2, 0.25) is 0 Å². The van der Waals surface area contributed by atoms with Gasteiger partial charge in [-0.2, -0.15) is 0 Å². The number of thioether (sulfide) groups is 1. The van der Waals surface area contributed by atoms with E-state index in [0.29, 0.717) is 17.7 Å². The van der Waals surface area contributed by atoms with Crippen LogP contribution in [0.5, 0.6) is 0 Å². The van der Waals surface area contributed by atoms with Crippen molar-refractivity contribution in [3.05, 3.63) is 20.8 Å². The zero-order chi connectivity index (χ0) is 23.5. The van der Waals surface area contributed by atoms with E-state index in [-0.39, 0.29) is 16.7 Å². The average Bonchev–Trinajstić information content (AvgIpc) is 3.18. The molecule has 1 saturated carbocycles. The Labute approximate surface area is 205 Å². The van der Waals surface area contributed by atoms with E-state index in [2.05, 4.69) is 19.0 Å². The maximum Gasteiger partial charge on any atom is 0.263 e. The van der Waals surface area contributed by atoms with Gasteiger partial charge in [0.2, 0.25) is 5.91 Å². The topological polar surface area (TPSA) is 58.4 Å². The van der Waals surface area contributed by atoms with E-state index in [0.717, 1.165) is 55.3 Å². The quantitative estimate of drug-likeness (QED) is 0.401. The molecule has 1 atom stereocenters. The van der Waals surface area contributed by atoms with Crippen molar-refractivity contribution in [3.8, 4) is 0 Å². The van der Waals surface area contributed by atoms with Crippen molar-refractivity contribution in [3.63, 3.8) is 0 Å². The number of fused-ring (bicyclic) bond motifs is 3. The third-order valence-corrected chi connectivity index (χ3v) is 9.39. The van der Waals surface area contributed by atoms with Crippen LogP contribution in [-0.2, 0) is 24.2 Å². The minimum Gasteiger partial charge on any atom is -0.342 e. The Morgan fingerprint density at radius 2 is 1.88 bits per heavy atom. The fourth-order valence-electron chi connectivity index (χ4n) is 5.20. The Kier molecular flexibility index (Phi) is 8.18. The third-order valence-electron chi connectivity index (χ3n) is 7.13. The zero-order valence-corrected chi connectivity index (χ0v) is 22.2. The molecule has 1 amide bonds. The highest BCUT2D eigenvalue weighted by Crippen LogP contribution is 2.35. The lowest BCUT2D eigenvalue weighted by atomic mass is 9.94. The van der Waals surface area contributed by atoms with Crippen LogP contribution in [0.15, 0.2) is 9.95 Å². The van der Waals surface area contributed by atoms with Crippen molar-refractivity contribution in [1.82, 2.24) is 19.4 Å².